The molecule has 0 saturated carbocycles. The Bertz CT molecular complexity index is 1220. The van der Waals surface area contributed by atoms with E-state index in [2.05, 4.69) is 25.6 Å². The molecule has 12 heteroatoms. The van der Waals surface area contributed by atoms with Crippen LogP contribution < -0.4 is 15.5 Å². The molecule has 2 aromatic rings. The van der Waals surface area contributed by atoms with Gasteiger partial charge >= 0.3 is 6.03 Å². The SMILES string of the molecule is CCCNC(=O)N1CCN(c2ccnc(-n3ccnc3)n2)CC1C(=O)NCCC1=COC2=CCOC2=C1. The quantitative estimate of drug-likeness (QED) is 0.552. The summed E-state index contributed by atoms with van der Waals surface area (Å²) >= 11 is 0. The number of urea groups is 1. The van der Waals surface area contributed by atoms with E-state index in [1.165, 1.54) is 0 Å². The number of anilines is 1. The van der Waals surface area contributed by atoms with E-state index >= 15 is 0 Å². The topological polar surface area (TPSA) is 127 Å². The van der Waals surface area contributed by atoms with Crippen molar-refractivity contribution in [3.63, 3.8) is 0 Å². The van der Waals surface area contributed by atoms with Gasteiger partial charge < -0.3 is 29.9 Å². The normalized spacial score (nSPS) is 18.6. The minimum Gasteiger partial charge on any atom is -0.485 e. The molecule has 1 saturated heterocycles. The van der Waals surface area contributed by atoms with E-state index in [1.807, 2.05) is 24.0 Å². The first-order valence-electron chi connectivity index (χ1n) is 12.4. The van der Waals surface area contributed by atoms with E-state index in [1.54, 1.807) is 46.7 Å². The first-order valence-corrected chi connectivity index (χ1v) is 12.4. The molecule has 0 aromatic carbocycles. The van der Waals surface area contributed by atoms with Crippen molar-refractivity contribution in [2.45, 2.75) is 25.8 Å². The molecule has 5 heterocycles. The predicted molar refractivity (Wildman–Crippen MR) is 134 cm³/mol. The smallest absolute Gasteiger partial charge is 0.318 e. The molecule has 2 aromatic heterocycles. The van der Waals surface area contributed by atoms with E-state index in [4.69, 9.17) is 9.47 Å². The van der Waals surface area contributed by atoms with Gasteiger partial charge in [-0.05, 0) is 36.6 Å². The van der Waals surface area contributed by atoms with Gasteiger partial charge in [0.1, 0.15) is 24.8 Å². The van der Waals surface area contributed by atoms with Gasteiger partial charge in [0.05, 0.1) is 6.26 Å². The monoisotopic (exact) mass is 506 g/mol. The van der Waals surface area contributed by atoms with Gasteiger partial charge in [0.2, 0.25) is 11.9 Å². The zero-order chi connectivity index (χ0) is 25.6. The van der Waals surface area contributed by atoms with Crippen LogP contribution in [0.3, 0.4) is 0 Å². The maximum atomic E-state index is 13.3. The van der Waals surface area contributed by atoms with Crippen molar-refractivity contribution >= 4 is 17.8 Å². The van der Waals surface area contributed by atoms with Crippen molar-refractivity contribution in [2.75, 3.05) is 44.2 Å². The molecule has 0 aliphatic carbocycles. The first kappa shape index (κ1) is 24.3. The summed E-state index contributed by atoms with van der Waals surface area (Å²) in [7, 11) is 0. The minimum atomic E-state index is -0.681. The predicted octanol–water partition coefficient (Wildman–Crippen LogP) is 1.49. The Balaban J connectivity index is 1.26. The molecule has 37 heavy (non-hydrogen) atoms. The van der Waals surface area contributed by atoms with Gasteiger partial charge in [0, 0.05) is 51.3 Å². The number of hydrogen-bond acceptors (Lipinski definition) is 8. The van der Waals surface area contributed by atoms with Crippen LogP contribution in [0.2, 0.25) is 0 Å². The molecule has 2 N–H and O–H groups in total. The Morgan fingerprint density at radius 2 is 2.08 bits per heavy atom. The Morgan fingerprint density at radius 1 is 1.16 bits per heavy atom. The van der Waals surface area contributed by atoms with E-state index in [0.29, 0.717) is 63.3 Å². The number of nitrogens with zero attached hydrogens (tertiary/aromatic N) is 6. The fourth-order valence-corrected chi connectivity index (χ4v) is 4.33. The van der Waals surface area contributed by atoms with Gasteiger partial charge in [0.15, 0.2) is 11.5 Å². The van der Waals surface area contributed by atoms with Gasteiger partial charge in [0.25, 0.3) is 0 Å². The molecule has 194 valence electrons. The molecule has 1 fully saturated rings. The highest BCUT2D eigenvalue weighted by atomic mass is 16.5. The zero-order valence-corrected chi connectivity index (χ0v) is 20.7. The summed E-state index contributed by atoms with van der Waals surface area (Å²) in [4.78, 5) is 42.8. The molecule has 0 radical (unpaired) electrons. The lowest BCUT2D eigenvalue weighted by Gasteiger charge is -2.41. The molecule has 0 spiro atoms. The van der Waals surface area contributed by atoms with E-state index in [9.17, 15) is 9.59 Å². The van der Waals surface area contributed by atoms with Crippen molar-refractivity contribution in [3.8, 4) is 5.95 Å². The largest absolute Gasteiger partial charge is 0.485 e. The Kier molecular flexibility index (Phi) is 7.33. The molecular formula is C25H30N8O4. The van der Waals surface area contributed by atoms with Crippen molar-refractivity contribution in [3.05, 3.63) is 66.5 Å². The van der Waals surface area contributed by atoms with Crippen LogP contribution in [0, 0.1) is 0 Å². The standard InChI is InChI=1S/C25H30N8O4/c1-2-6-29-25(35)33-12-11-31(22-4-8-28-24(30-22)32-10-9-26-17-32)15-19(33)23(34)27-7-3-18-14-21-20(37-16-18)5-13-36-21/h4-5,8-10,14,16-17,19H,2-3,6-7,11-13,15H2,1H3,(H,27,34)(H,29,35). The third kappa shape index (κ3) is 5.57. The second-order valence-corrected chi connectivity index (χ2v) is 8.81. The highest BCUT2D eigenvalue weighted by Gasteiger charge is 2.36. The number of fused-ring (bicyclic) bond motifs is 1. The molecule has 3 aliphatic heterocycles. The van der Waals surface area contributed by atoms with E-state index in [0.717, 1.165) is 17.8 Å². The van der Waals surface area contributed by atoms with Crippen molar-refractivity contribution in [1.29, 1.82) is 0 Å². The molecule has 1 atom stereocenters. The summed E-state index contributed by atoms with van der Waals surface area (Å²) in [6.07, 6.45) is 13.6. The number of amides is 3. The van der Waals surface area contributed by atoms with E-state index in [-0.39, 0.29) is 11.9 Å². The summed E-state index contributed by atoms with van der Waals surface area (Å²) in [5.41, 5.74) is 0.921. The summed E-state index contributed by atoms with van der Waals surface area (Å²) in [5, 5.41) is 5.89. The number of hydrogen-bond donors (Lipinski definition) is 2. The van der Waals surface area contributed by atoms with Crippen molar-refractivity contribution < 1.29 is 19.1 Å². The van der Waals surface area contributed by atoms with Gasteiger partial charge in [-0.3, -0.25) is 9.36 Å². The Labute approximate surface area is 214 Å². The highest BCUT2D eigenvalue weighted by molar-refractivity contribution is 5.88. The molecule has 0 bridgehead atoms. The van der Waals surface area contributed by atoms with Gasteiger partial charge in [-0.1, -0.05) is 6.92 Å². The van der Waals surface area contributed by atoms with Gasteiger partial charge in [-0.25, -0.2) is 14.8 Å². The van der Waals surface area contributed by atoms with Crippen LogP contribution in [0.25, 0.3) is 5.95 Å². The molecular weight excluding hydrogens is 476 g/mol. The van der Waals surface area contributed by atoms with Gasteiger partial charge in [-0.15, -0.1) is 0 Å². The number of nitrogens with one attached hydrogen (secondary N) is 2. The van der Waals surface area contributed by atoms with Crippen LogP contribution in [-0.2, 0) is 14.3 Å². The lowest BCUT2D eigenvalue weighted by Crippen LogP contribution is -2.62. The van der Waals surface area contributed by atoms with Gasteiger partial charge in [-0.2, -0.15) is 4.98 Å². The molecule has 12 nitrogen and oxygen atoms in total. The second-order valence-electron chi connectivity index (χ2n) is 8.81. The number of allylic oxidation sites excluding steroid dienone is 1. The minimum absolute atomic E-state index is 0.220. The Hall–Kier alpha value is -4.35. The van der Waals surface area contributed by atoms with Crippen molar-refractivity contribution in [2.24, 2.45) is 0 Å². The lowest BCUT2D eigenvalue weighted by molar-refractivity contribution is -0.125. The van der Waals surface area contributed by atoms with Crippen LogP contribution in [-0.4, -0.2) is 81.7 Å². The lowest BCUT2D eigenvalue weighted by atomic mass is 10.1. The zero-order valence-electron chi connectivity index (χ0n) is 20.7. The maximum Gasteiger partial charge on any atom is 0.318 e. The van der Waals surface area contributed by atoms with E-state index < -0.39 is 6.04 Å². The number of piperazine rings is 1. The number of rotatable bonds is 8. The molecule has 1 unspecified atom stereocenters. The third-order valence-corrected chi connectivity index (χ3v) is 6.27. The van der Waals surface area contributed by atoms with Crippen LogP contribution in [0.15, 0.2) is 66.5 Å². The number of carbonyl (C=O) groups is 2. The van der Waals surface area contributed by atoms with Crippen LogP contribution in [0.5, 0.6) is 0 Å². The van der Waals surface area contributed by atoms with Crippen LogP contribution in [0.4, 0.5) is 10.6 Å². The number of ether oxygens (including phenoxy) is 2. The summed E-state index contributed by atoms with van der Waals surface area (Å²) in [5.74, 6) is 2.39. The average molecular weight is 507 g/mol. The highest BCUT2D eigenvalue weighted by Crippen LogP contribution is 2.27. The fourth-order valence-electron chi connectivity index (χ4n) is 4.33. The maximum absolute atomic E-state index is 13.3. The van der Waals surface area contributed by atoms with Crippen molar-refractivity contribution in [1.82, 2.24) is 35.1 Å². The van der Waals surface area contributed by atoms with Crippen LogP contribution >= 0.6 is 0 Å². The number of imidazole rings is 1. The average Bonchev–Trinajstić information content (AvgIpc) is 3.64. The summed E-state index contributed by atoms with van der Waals surface area (Å²) in [6.45, 7) is 4.68. The summed E-state index contributed by atoms with van der Waals surface area (Å²) < 4.78 is 12.8. The third-order valence-electron chi connectivity index (χ3n) is 6.27. The molecule has 5 rings (SSSR count). The Morgan fingerprint density at radius 3 is 2.92 bits per heavy atom. The van der Waals surface area contributed by atoms with Crippen LogP contribution in [0.1, 0.15) is 19.8 Å². The summed E-state index contributed by atoms with van der Waals surface area (Å²) in [6, 6.07) is 0.883. The molecule has 3 aliphatic rings. The number of aromatic nitrogens is 4. The first-order chi connectivity index (χ1) is 18.1. The number of carbonyl (C=O) groups excluding carboxylic acids is 2. The molecule has 3 amide bonds. The fraction of sp³-hybridized carbons (Fsp3) is 0.400. The second kappa shape index (κ2) is 11.1.